The molecule has 6 nitrogen and oxygen atoms in total. The van der Waals surface area contributed by atoms with Crippen LogP contribution >= 0.6 is 0 Å². The van der Waals surface area contributed by atoms with Crippen LogP contribution in [0.2, 0.25) is 0 Å². The number of aliphatic imine (C=N–C) groups is 1. The van der Waals surface area contributed by atoms with E-state index in [0.29, 0.717) is 17.1 Å². The summed E-state index contributed by atoms with van der Waals surface area (Å²) in [6, 6.07) is 7.57. The van der Waals surface area contributed by atoms with Gasteiger partial charge in [-0.15, -0.1) is 0 Å². The van der Waals surface area contributed by atoms with Gasteiger partial charge in [-0.05, 0) is 37.3 Å². The van der Waals surface area contributed by atoms with E-state index in [1.54, 1.807) is 19.1 Å². The van der Waals surface area contributed by atoms with Crippen LogP contribution in [0.4, 0.5) is 8.78 Å². The number of methoxy groups -OCH3 is 1. The molecular weight excluding hydrogens is 336 g/mol. The second kappa shape index (κ2) is 6.76. The van der Waals surface area contributed by atoms with E-state index in [1.807, 2.05) is 0 Å². The third-order valence-electron chi connectivity index (χ3n) is 3.29. The van der Waals surface area contributed by atoms with E-state index >= 15 is 0 Å². The molecule has 0 amide bonds. The largest absolute Gasteiger partial charge is 0.493 e. The fourth-order valence-corrected chi connectivity index (χ4v) is 2.19. The minimum Gasteiger partial charge on any atom is -0.493 e. The first-order valence-electron chi connectivity index (χ1n) is 7.18. The SMILES string of the molecule is COc1cc(C2=NC(=Cc3ccc(C)o3)C(=O)O2)ccc1OC(F)F. The minimum absolute atomic E-state index is 0.0291. The topological polar surface area (TPSA) is 70.3 Å². The third-order valence-corrected chi connectivity index (χ3v) is 3.29. The fraction of sp³-hybridized carbons (Fsp3) is 0.176. The minimum atomic E-state index is -2.98. The molecule has 1 aliphatic heterocycles. The van der Waals surface area contributed by atoms with Gasteiger partial charge in [-0.2, -0.15) is 8.78 Å². The van der Waals surface area contributed by atoms with E-state index in [1.165, 1.54) is 31.4 Å². The molecular formula is C17H13F2NO5. The van der Waals surface area contributed by atoms with Crippen molar-refractivity contribution in [1.29, 1.82) is 0 Å². The molecule has 0 atom stereocenters. The fourth-order valence-electron chi connectivity index (χ4n) is 2.19. The van der Waals surface area contributed by atoms with Gasteiger partial charge in [0.05, 0.1) is 7.11 Å². The average Bonchev–Trinajstić information content (AvgIpc) is 3.14. The molecule has 0 spiro atoms. The Balaban J connectivity index is 1.90. The Morgan fingerprint density at radius 3 is 2.64 bits per heavy atom. The Morgan fingerprint density at radius 2 is 2.00 bits per heavy atom. The number of halogens is 2. The zero-order chi connectivity index (χ0) is 18.0. The number of hydrogen-bond donors (Lipinski definition) is 0. The summed E-state index contributed by atoms with van der Waals surface area (Å²) in [4.78, 5) is 16.0. The number of ether oxygens (including phenoxy) is 3. The standard InChI is InChI=1S/C17H13F2NO5/c1-9-3-5-11(23-9)8-12-16(21)25-15(20-12)10-4-6-13(24-17(18)19)14(7-10)22-2/h3-8,17H,1-2H3. The first-order valence-corrected chi connectivity index (χ1v) is 7.18. The number of benzene rings is 1. The van der Waals surface area contributed by atoms with E-state index in [0.717, 1.165) is 0 Å². The first kappa shape index (κ1) is 16.7. The van der Waals surface area contributed by atoms with Crippen LogP contribution in [0.1, 0.15) is 17.1 Å². The Morgan fingerprint density at radius 1 is 1.20 bits per heavy atom. The van der Waals surface area contributed by atoms with Crippen molar-refractivity contribution in [3.63, 3.8) is 0 Å². The Labute approximate surface area is 141 Å². The molecule has 1 aromatic carbocycles. The maximum absolute atomic E-state index is 12.4. The van der Waals surface area contributed by atoms with Gasteiger partial charge in [-0.1, -0.05) is 0 Å². The highest BCUT2D eigenvalue weighted by molar-refractivity contribution is 6.12. The molecule has 0 N–H and O–H groups in total. The van der Waals surface area contributed by atoms with Gasteiger partial charge in [0, 0.05) is 11.6 Å². The Kier molecular flexibility index (Phi) is 4.51. The molecule has 1 aliphatic rings. The molecule has 1 aromatic heterocycles. The molecule has 2 aromatic rings. The number of cyclic esters (lactones) is 1. The summed E-state index contributed by atoms with van der Waals surface area (Å²) >= 11 is 0. The molecule has 25 heavy (non-hydrogen) atoms. The van der Waals surface area contributed by atoms with Crippen molar-refractivity contribution in [2.45, 2.75) is 13.5 Å². The van der Waals surface area contributed by atoms with Crippen LogP contribution < -0.4 is 9.47 Å². The number of esters is 1. The van der Waals surface area contributed by atoms with Gasteiger partial charge in [-0.25, -0.2) is 9.79 Å². The maximum Gasteiger partial charge on any atom is 0.387 e. The summed E-state index contributed by atoms with van der Waals surface area (Å²) in [7, 11) is 1.31. The molecule has 3 rings (SSSR count). The first-order chi connectivity index (χ1) is 12.0. The number of alkyl halides is 2. The predicted molar refractivity (Wildman–Crippen MR) is 83.7 cm³/mol. The summed E-state index contributed by atoms with van der Waals surface area (Å²) in [6.45, 7) is -1.20. The highest BCUT2D eigenvalue weighted by Crippen LogP contribution is 2.31. The smallest absolute Gasteiger partial charge is 0.387 e. The van der Waals surface area contributed by atoms with Crippen LogP contribution in [-0.4, -0.2) is 25.6 Å². The van der Waals surface area contributed by atoms with Gasteiger partial charge >= 0.3 is 12.6 Å². The number of furan rings is 1. The summed E-state index contributed by atoms with van der Waals surface area (Å²) in [5.41, 5.74) is 0.446. The number of nitrogens with zero attached hydrogens (tertiary/aromatic N) is 1. The van der Waals surface area contributed by atoms with Crippen LogP contribution in [-0.2, 0) is 9.53 Å². The molecule has 8 heteroatoms. The van der Waals surface area contributed by atoms with Gasteiger partial charge in [0.2, 0.25) is 5.90 Å². The number of aryl methyl sites for hydroxylation is 1. The van der Waals surface area contributed by atoms with Crippen LogP contribution in [0.25, 0.3) is 6.08 Å². The Bertz CT molecular complexity index is 870. The van der Waals surface area contributed by atoms with Gasteiger partial charge in [0.1, 0.15) is 11.5 Å². The van der Waals surface area contributed by atoms with Gasteiger partial charge in [0.25, 0.3) is 0 Å². The van der Waals surface area contributed by atoms with E-state index in [9.17, 15) is 13.6 Å². The van der Waals surface area contributed by atoms with Crippen molar-refractivity contribution in [2.24, 2.45) is 4.99 Å². The van der Waals surface area contributed by atoms with Crippen molar-refractivity contribution in [3.05, 3.63) is 53.1 Å². The predicted octanol–water partition coefficient (Wildman–Crippen LogP) is 3.54. The summed E-state index contributed by atoms with van der Waals surface area (Å²) in [5.74, 6) is 0.482. The highest BCUT2D eigenvalue weighted by atomic mass is 19.3. The lowest BCUT2D eigenvalue weighted by Crippen LogP contribution is -2.07. The van der Waals surface area contributed by atoms with Gasteiger partial charge in [-0.3, -0.25) is 0 Å². The molecule has 0 bridgehead atoms. The summed E-state index contributed by atoms with van der Waals surface area (Å²) in [5, 5.41) is 0. The lowest BCUT2D eigenvalue weighted by Gasteiger charge is -2.10. The highest BCUT2D eigenvalue weighted by Gasteiger charge is 2.25. The van der Waals surface area contributed by atoms with E-state index in [-0.39, 0.29) is 23.1 Å². The number of carbonyl (C=O) groups is 1. The zero-order valence-electron chi connectivity index (χ0n) is 13.3. The van der Waals surface area contributed by atoms with Gasteiger partial charge in [0.15, 0.2) is 17.2 Å². The van der Waals surface area contributed by atoms with E-state index in [4.69, 9.17) is 13.9 Å². The molecule has 0 unspecified atom stereocenters. The lowest BCUT2D eigenvalue weighted by atomic mass is 10.2. The van der Waals surface area contributed by atoms with Crippen LogP contribution in [0.15, 0.2) is 45.4 Å². The van der Waals surface area contributed by atoms with Crippen molar-refractivity contribution in [3.8, 4) is 11.5 Å². The van der Waals surface area contributed by atoms with Crippen molar-refractivity contribution < 1.29 is 32.2 Å². The number of rotatable bonds is 5. The molecule has 130 valence electrons. The zero-order valence-corrected chi connectivity index (χ0v) is 13.3. The molecule has 2 heterocycles. The monoisotopic (exact) mass is 349 g/mol. The summed E-state index contributed by atoms with van der Waals surface area (Å²) in [6.07, 6.45) is 1.45. The number of hydrogen-bond acceptors (Lipinski definition) is 6. The molecule has 0 saturated carbocycles. The van der Waals surface area contributed by atoms with Crippen molar-refractivity contribution >= 4 is 17.9 Å². The molecule has 0 aliphatic carbocycles. The van der Waals surface area contributed by atoms with Crippen molar-refractivity contribution in [2.75, 3.05) is 7.11 Å². The van der Waals surface area contributed by atoms with E-state index < -0.39 is 12.6 Å². The van der Waals surface area contributed by atoms with E-state index in [2.05, 4.69) is 9.73 Å². The quantitative estimate of drug-likeness (QED) is 0.610. The van der Waals surface area contributed by atoms with Crippen LogP contribution in [0, 0.1) is 6.92 Å². The molecule has 0 saturated heterocycles. The molecule has 0 fully saturated rings. The average molecular weight is 349 g/mol. The normalized spacial score (nSPS) is 15.5. The lowest BCUT2D eigenvalue weighted by molar-refractivity contribution is -0.129. The Hall–Kier alpha value is -3.16. The third kappa shape index (κ3) is 3.68. The second-order valence-corrected chi connectivity index (χ2v) is 5.03. The molecule has 0 radical (unpaired) electrons. The number of carbonyl (C=O) groups excluding carboxylic acids is 1. The van der Waals surface area contributed by atoms with Crippen molar-refractivity contribution in [1.82, 2.24) is 0 Å². The maximum atomic E-state index is 12.4. The summed E-state index contributed by atoms with van der Waals surface area (Å²) < 4.78 is 44.6. The van der Waals surface area contributed by atoms with Gasteiger partial charge < -0.3 is 18.6 Å². The van der Waals surface area contributed by atoms with Crippen LogP contribution in [0.5, 0.6) is 11.5 Å². The second-order valence-electron chi connectivity index (χ2n) is 5.03. The van der Waals surface area contributed by atoms with Crippen LogP contribution in [0.3, 0.4) is 0 Å².